The SMILES string of the molecule is CN=C(NCC1CN(C)CCO1)N1CCC(CC(=O)NC)CC1.I. The third-order valence-electron chi connectivity index (χ3n) is 4.71. The molecule has 2 heterocycles. The van der Waals surface area contributed by atoms with E-state index in [1.807, 2.05) is 7.05 Å². The minimum absolute atomic E-state index is 0. The number of carbonyl (C=O) groups excluding carboxylic acids is 1. The van der Waals surface area contributed by atoms with Crippen molar-refractivity contribution in [3.63, 3.8) is 0 Å². The number of ether oxygens (including phenoxy) is 1. The molecule has 140 valence electrons. The van der Waals surface area contributed by atoms with Gasteiger partial charge in [0.1, 0.15) is 0 Å². The number of likely N-dealkylation sites (tertiary alicyclic amines) is 1. The van der Waals surface area contributed by atoms with E-state index in [9.17, 15) is 4.79 Å². The van der Waals surface area contributed by atoms with E-state index < -0.39 is 0 Å². The lowest BCUT2D eigenvalue weighted by atomic mass is 9.93. The van der Waals surface area contributed by atoms with E-state index in [-0.39, 0.29) is 36.0 Å². The molecule has 1 atom stereocenters. The lowest BCUT2D eigenvalue weighted by Gasteiger charge is -2.35. The van der Waals surface area contributed by atoms with Crippen molar-refractivity contribution in [2.24, 2.45) is 10.9 Å². The molecule has 8 heteroatoms. The number of likely N-dealkylation sites (N-methyl/N-ethyl adjacent to an activating group) is 1. The van der Waals surface area contributed by atoms with Crippen LogP contribution in [0.5, 0.6) is 0 Å². The number of guanidine groups is 1. The van der Waals surface area contributed by atoms with E-state index in [1.54, 1.807) is 7.05 Å². The number of hydrogen-bond donors (Lipinski definition) is 2. The van der Waals surface area contributed by atoms with E-state index in [1.165, 1.54) is 0 Å². The summed E-state index contributed by atoms with van der Waals surface area (Å²) in [6.45, 7) is 5.45. The van der Waals surface area contributed by atoms with Crippen molar-refractivity contribution < 1.29 is 9.53 Å². The summed E-state index contributed by atoms with van der Waals surface area (Å²) in [4.78, 5) is 20.5. The average molecular weight is 453 g/mol. The molecule has 24 heavy (non-hydrogen) atoms. The highest BCUT2D eigenvalue weighted by molar-refractivity contribution is 14.0. The predicted molar refractivity (Wildman–Crippen MR) is 107 cm³/mol. The molecule has 2 aliphatic rings. The molecule has 2 aliphatic heterocycles. The van der Waals surface area contributed by atoms with Gasteiger partial charge in [-0.15, -0.1) is 24.0 Å². The fraction of sp³-hybridized carbons (Fsp3) is 0.875. The van der Waals surface area contributed by atoms with E-state index in [2.05, 4.69) is 32.5 Å². The molecule has 0 spiro atoms. The molecule has 0 aromatic heterocycles. The lowest BCUT2D eigenvalue weighted by Crippen LogP contribution is -2.51. The number of piperidine rings is 1. The van der Waals surface area contributed by atoms with Crippen LogP contribution in [0, 0.1) is 5.92 Å². The highest BCUT2D eigenvalue weighted by Crippen LogP contribution is 2.20. The van der Waals surface area contributed by atoms with Gasteiger partial charge < -0.3 is 25.2 Å². The van der Waals surface area contributed by atoms with Gasteiger partial charge >= 0.3 is 0 Å². The Kier molecular flexibility index (Phi) is 9.91. The Hall–Kier alpha value is -0.610. The molecule has 0 aliphatic carbocycles. The molecule has 0 bridgehead atoms. The Morgan fingerprint density at radius 3 is 2.58 bits per heavy atom. The van der Waals surface area contributed by atoms with Gasteiger partial charge in [-0.1, -0.05) is 0 Å². The van der Waals surface area contributed by atoms with Crippen LogP contribution in [-0.2, 0) is 9.53 Å². The first-order chi connectivity index (χ1) is 11.1. The molecule has 7 nitrogen and oxygen atoms in total. The largest absolute Gasteiger partial charge is 0.374 e. The highest BCUT2D eigenvalue weighted by Gasteiger charge is 2.24. The number of carbonyl (C=O) groups is 1. The van der Waals surface area contributed by atoms with Crippen molar-refractivity contribution in [2.75, 3.05) is 60.5 Å². The summed E-state index contributed by atoms with van der Waals surface area (Å²) in [5.41, 5.74) is 0. The Labute approximate surface area is 162 Å². The second-order valence-corrected chi connectivity index (χ2v) is 6.49. The van der Waals surface area contributed by atoms with Crippen molar-refractivity contribution >= 4 is 35.8 Å². The maximum absolute atomic E-state index is 11.5. The zero-order valence-corrected chi connectivity index (χ0v) is 17.4. The van der Waals surface area contributed by atoms with E-state index in [4.69, 9.17) is 4.74 Å². The van der Waals surface area contributed by atoms with Gasteiger partial charge in [0.25, 0.3) is 0 Å². The minimum Gasteiger partial charge on any atom is -0.374 e. The van der Waals surface area contributed by atoms with Crippen LogP contribution in [0.2, 0.25) is 0 Å². The monoisotopic (exact) mass is 453 g/mol. The minimum atomic E-state index is 0. The van der Waals surface area contributed by atoms with E-state index in [0.29, 0.717) is 12.3 Å². The van der Waals surface area contributed by atoms with Gasteiger partial charge in [-0.2, -0.15) is 0 Å². The molecule has 2 N–H and O–H groups in total. The zero-order chi connectivity index (χ0) is 16.7. The van der Waals surface area contributed by atoms with Gasteiger partial charge in [-0.05, 0) is 25.8 Å². The molecule has 0 radical (unpaired) electrons. The fourth-order valence-corrected chi connectivity index (χ4v) is 3.24. The van der Waals surface area contributed by atoms with Crippen LogP contribution in [0.25, 0.3) is 0 Å². The first kappa shape index (κ1) is 21.4. The van der Waals surface area contributed by atoms with Gasteiger partial charge in [0.05, 0.1) is 12.7 Å². The number of aliphatic imine (C=N–C) groups is 1. The molecular formula is C16H32IN5O2. The molecule has 0 aromatic carbocycles. The summed E-state index contributed by atoms with van der Waals surface area (Å²) < 4.78 is 5.78. The van der Waals surface area contributed by atoms with Gasteiger partial charge in [-0.3, -0.25) is 9.79 Å². The van der Waals surface area contributed by atoms with Crippen molar-refractivity contribution in [3.8, 4) is 0 Å². The normalized spacial score (nSPS) is 23.5. The van der Waals surface area contributed by atoms with Crippen LogP contribution in [0.15, 0.2) is 4.99 Å². The Morgan fingerprint density at radius 1 is 1.29 bits per heavy atom. The van der Waals surface area contributed by atoms with Gasteiger partial charge in [0.15, 0.2) is 5.96 Å². The van der Waals surface area contributed by atoms with Crippen molar-refractivity contribution in [1.82, 2.24) is 20.4 Å². The van der Waals surface area contributed by atoms with Gasteiger partial charge in [0, 0.05) is 53.2 Å². The summed E-state index contributed by atoms with van der Waals surface area (Å²) in [6, 6.07) is 0. The smallest absolute Gasteiger partial charge is 0.220 e. The predicted octanol–water partition coefficient (Wildman–Crippen LogP) is 0.359. The number of nitrogens with one attached hydrogen (secondary N) is 2. The molecule has 2 saturated heterocycles. The van der Waals surface area contributed by atoms with Crippen molar-refractivity contribution in [1.29, 1.82) is 0 Å². The molecule has 0 saturated carbocycles. The van der Waals surface area contributed by atoms with E-state index in [0.717, 1.165) is 58.1 Å². The van der Waals surface area contributed by atoms with Gasteiger partial charge in [0.2, 0.25) is 5.91 Å². The van der Waals surface area contributed by atoms with Gasteiger partial charge in [-0.25, -0.2) is 0 Å². The summed E-state index contributed by atoms with van der Waals surface area (Å²) in [5.74, 6) is 1.57. The number of amides is 1. The third-order valence-corrected chi connectivity index (χ3v) is 4.71. The maximum Gasteiger partial charge on any atom is 0.220 e. The summed E-state index contributed by atoms with van der Waals surface area (Å²) in [5, 5.41) is 6.15. The standard InChI is InChI=1S/C16H31N5O2.HI/c1-17-15(22)10-13-4-6-21(7-5-13)16(18-2)19-11-14-12-20(3)8-9-23-14;/h13-14H,4-12H2,1-3H3,(H,17,22)(H,18,19);1H. The molecule has 0 aromatic rings. The van der Waals surface area contributed by atoms with Crippen LogP contribution in [0.4, 0.5) is 0 Å². The Bertz CT molecular complexity index is 413. The molecule has 1 amide bonds. The van der Waals surface area contributed by atoms with Crippen LogP contribution in [0.1, 0.15) is 19.3 Å². The van der Waals surface area contributed by atoms with Crippen LogP contribution in [0.3, 0.4) is 0 Å². The molecule has 1 unspecified atom stereocenters. The third kappa shape index (κ3) is 6.72. The summed E-state index contributed by atoms with van der Waals surface area (Å²) in [7, 11) is 5.66. The summed E-state index contributed by atoms with van der Waals surface area (Å²) >= 11 is 0. The van der Waals surface area contributed by atoms with Crippen LogP contribution >= 0.6 is 24.0 Å². The number of nitrogens with zero attached hydrogens (tertiary/aromatic N) is 3. The second-order valence-electron chi connectivity index (χ2n) is 6.49. The topological polar surface area (TPSA) is 69.2 Å². The quantitative estimate of drug-likeness (QED) is 0.366. The first-order valence-corrected chi connectivity index (χ1v) is 8.58. The zero-order valence-electron chi connectivity index (χ0n) is 15.1. The fourth-order valence-electron chi connectivity index (χ4n) is 3.24. The number of hydrogen-bond acceptors (Lipinski definition) is 4. The summed E-state index contributed by atoms with van der Waals surface area (Å²) in [6.07, 6.45) is 2.93. The molecule has 2 fully saturated rings. The second kappa shape index (κ2) is 11.1. The number of halogens is 1. The number of morpholine rings is 1. The lowest BCUT2D eigenvalue weighted by molar-refractivity contribution is -0.121. The van der Waals surface area contributed by atoms with Crippen LogP contribution in [-0.4, -0.2) is 88.2 Å². The molecular weight excluding hydrogens is 421 g/mol. The number of rotatable bonds is 4. The van der Waals surface area contributed by atoms with E-state index >= 15 is 0 Å². The maximum atomic E-state index is 11.5. The highest BCUT2D eigenvalue weighted by atomic mass is 127. The van der Waals surface area contributed by atoms with Crippen molar-refractivity contribution in [2.45, 2.75) is 25.4 Å². The average Bonchev–Trinajstić information content (AvgIpc) is 2.56. The van der Waals surface area contributed by atoms with Crippen LogP contribution < -0.4 is 10.6 Å². The van der Waals surface area contributed by atoms with Crippen molar-refractivity contribution in [3.05, 3.63) is 0 Å². The first-order valence-electron chi connectivity index (χ1n) is 8.58. The Balaban J connectivity index is 0.00000288. The Morgan fingerprint density at radius 2 is 2.00 bits per heavy atom. The molecule has 2 rings (SSSR count).